The second-order valence-electron chi connectivity index (χ2n) is 4.80. The third-order valence-corrected chi connectivity index (χ3v) is 3.02. The third kappa shape index (κ3) is 4.87. The van der Waals surface area contributed by atoms with E-state index in [0.717, 1.165) is 18.4 Å². The molecule has 0 spiro atoms. The van der Waals surface area contributed by atoms with Crippen molar-refractivity contribution >= 4 is 11.9 Å². The van der Waals surface area contributed by atoms with Crippen molar-refractivity contribution in [1.29, 1.82) is 0 Å². The first-order valence-electron chi connectivity index (χ1n) is 6.69. The molecule has 1 aromatic carbocycles. The molecule has 0 aliphatic heterocycles. The molecule has 0 aromatic heterocycles. The monoisotopic (exact) mass is 279 g/mol. The first-order valence-corrected chi connectivity index (χ1v) is 6.69. The molecule has 3 amide bonds. The lowest BCUT2D eigenvalue weighted by molar-refractivity contribution is -0.122. The van der Waals surface area contributed by atoms with Gasteiger partial charge in [-0.05, 0) is 30.5 Å². The van der Waals surface area contributed by atoms with Crippen LogP contribution in [0.15, 0.2) is 24.3 Å². The van der Waals surface area contributed by atoms with Crippen LogP contribution < -0.4 is 16.0 Å². The highest BCUT2D eigenvalue weighted by Crippen LogP contribution is 2.28. The van der Waals surface area contributed by atoms with E-state index >= 15 is 0 Å². The molecule has 0 bridgehead atoms. The molecule has 0 heterocycles. The van der Waals surface area contributed by atoms with E-state index in [1.807, 2.05) is 0 Å². The van der Waals surface area contributed by atoms with E-state index in [2.05, 4.69) is 16.0 Å². The summed E-state index contributed by atoms with van der Waals surface area (Å²) in [6, 6.07) is 5.62. The van der Waals surface area contributed by atoms with E-state index in [-0.39, 0.29) is 23.7 Å². The zero-order valence-electron chi connectivity index (χ0n) is 11.1. The number of carbonyl (C=O) groups is 2. The van der Waals surface area contributed by atoms with E-state index in [9.17, 15) is 14.0 Å². The zero-order valence-corrected chi connectivity index (χ0v) is 11.1. The largest absolute Gasteiger partial charge is 0.354 e. The van der Waals surface area contributed by atoms with Gasteiger partial charge >= 0.3 is 6.03 Å². The minimum Gasteiger partial charge on any atom is -0.354 e. The molecular weight excluding hydrogens is 261 g/mol. The van der Waals surface area contributed by atoms with Crippen LogP contribution >= 0.6 is 0 Å². The minimum atomic E-state index is -0.310. The fourth-order valence-corrected chi connectivity index (χ4v) is 1.70. The van der Waals surface area contributed by atoms with Crippen molar-refractivity contribution in [3.63, 3.8) is 0 Å². The second kappa shape index (κ2) is 6.88. The molecule has 1 aromatic rings. The molecule has 20 heavy (non-hydrogen) atoms. The predicted molar refractivity (Wildman–Crippen MR) is 72.4 cm³/mol. The summed E-state index contributed by atoms with van der Waals surface area (Å²) in [6.07, 6.45) is 1.94. The number of nitrogens with one attached hydrogen (secondary N) is 3. The van der Waals surface area contributed by atoms with Gasteiger partial charge in [-0.1, -0.05) is 12.1 Å². The van der Waals surface area contributed by atoms with Crippen molar-refractivity contribution in [3.8, 4) is 0 Å². The summed E-state index contributed by atoms with van der Waals surface area (Å²) in [6.45, 7) is 1.15. The van der Waals surface area contributed by atoms with Crippen LogP contribution in [-0.4, -0.2) is 25.0 Å². The zero-order chi connectivity index (χ0) is 14.4. The Morgan fingerprint density at radius 1 is 1.05 bits per heavy atom. The second-order valence-corrected chi connectivity index (χ2v) is 4.80. The van der Waals surface area contributed by atoms with Crippen molar-refractivity contribution < 1.29 is 14.0 Å². The van der Waals surface area contributed by atoms with E-state index in [1.165, 1.54) is 12.1 Å². The molecule has 0 saturated heterocycles. The van der Waals surface area contributed by atoms with Crippen LogP contribution in [0.1, 0.15) is 18.4 Å². The molecule has 0 unspecified atom stereocenters. The van der Waals surface area contributed by atoms with Crippen molar-refractivity contribution in [2.75, 3.05) is 13.1 Å². The van der Waals surface area contributed by atoms with Gasteiger partial charge in [-0.2, -0.15) is 0 Å². The van der Waals surface area contributed by atoms with Crippen LogP contribution in [-0.2, 0) is 11.3 Å². The van der Waals surface area contributed by atoms with Gasteiger partial charge in [0.1, 0.15) is 5.82 Å². The molecule has 1 saturated carbocycles. The number of halogens is 1. The van der Waals surface area contributed by atoms with Crippen molar-refractivity contribution in [2.24, 2.45) is 5.92 Å². The van der Waals surface area contributed by atoms with E-state index in [4.69, 9.17) is 0 Å². The Morgan fingerprint density at radius 3 is 2.35 bits per heavy atom. The van der Waals surface area contributed by atoms with E-state index in [1.54, 1.807) is 12.1 Å². The van der Waals surface area contributed by atoms with Gasteiger partial charge in [-0.3, -0.25) is 4.79 Å². The predicted octanol–water partition coefficient (Wildman–Crippen LogP) is 1.15. The average Bonchev–Trinajstić information content (AvgIpc) is 3.27. The standard InChI is InChI=1S/C14H18FN3O2/c15-12-5-1-10(2-6-12)9-18-14(20)17-8-7-16-13(19)11-3-4-11/h1-2,5-6,11H,3-4,7-9H2,(H,16,19)(H2,17,18,20). The maximum Gasteiger partial charge on any atom is 0.315 e. The number of rotatable bonds is 6. The van der Waals surface area contributed by atoms with Crippen LogP contribution in [0.3, 0.4) is 0 Å². The lowest BCUT2D eigenvalue weighted by Gasteiger charge is -2.08. The Labute approximate surface area is 116 Å². The highest BCUT2D eigenvalue weighted by atomic mass is 19.1. The van der Waals surface area contributed by atoms with Crippen LogP contribution in [0.5, 0.6) is 0 Å². The maximum atomic E-state index is 12.7. The molecule has 0 radical (unpaired) electrons. The van der Waals surface area contributed by atoms with Crippen LogP contribution in [0.4, 0.5) is 9.18 Å². The molecule has 1 aliphatic rings. The quantitative estimate of drug-likeness (QED) is 0.684. The van der Waals surface area contributed by atoms with Gasteiger partial charge in [-0.15, -0.1) is 0 Å². The van der Waals surface area contributed by atoms with Gasteiger partial charge < -0.3 is 16.0 Å². The SMILES string of the molecule is O=C(NCCNC(=O)C1CC1)NCc1ccc(F)cc1. The van der Waals surface area contributed by atoms with Crippen molar-refractivity contribution in [3.05, 3.63) is 35.6 Å². The Hall–Kier alpha value is -2.11. The fraction of sp³-hybridized carbons (Fsp3) is 0.429. The Balaban J connectivity index is 1.55. The summed E-state index contributed by atoms with van der Waals surface area (Å²) < 4.78 is 12.7. The molecular formula is C14H18FN3O2. The summed E-state index contributed by atoms with van der Waals surface area (Å²) in [5.74, 6) is -0.0505. The lowest BCUT2D eigenvalue weighted by Crippen LogP contribution is -2.40. The summed E-state index contributed by atoms with van der Waals surface area (Å²) in [5.41, 5.74) is 0.823. The fourth-order valence-electron chi connectivity index (χ4n) is 1.70. The molecule has 5 nitrogen and oxygen atoms in total. The molecule has 2 rings (SSSR count). The highest BCUT2D eigenvalue weighted by molar-refractivity contribution is 5.80. The average molecular weight is 279 g/mol. The van der Waals surface area contributed by atoms with Gasteiger partial charge in [0.15, 0.2) is 0 Å². The first kappa shape index (κ1) is 14.3. The Kier molecular flexibility index (Phi) is 4.92. The molecule has 6 heteroatoms. The maximum absolute atomic E-state index is 12.7. The van der Waals surface area contributed by atoms with Crippen LogP contribution in [0, 0.1) is 11.7 Å². The normalized spacial score (nSPS) is 13.7. The Bertz CT molecular complexity index is 472. The topological polar surface area (TPSA) is 70.2 Å². The number of carbonyl (C=O) groups excluding carboxylic acids is 2. The number of hydrogen-bond donors (Lipinski definition) is 3. The van der Waals surface area contributed by atoms with E-state index in [0.29, 0.717) is 19.6 Å². The summed E-state index contributed by atoms with van der Waals surface area (Å²) in [4.78, 5) is 22.8. The highest BCUT2D eigenvalue weighted by Gasteiger charge is 2.28. The van der Waals surface area contributed by atoms with Gasteiger partial charge in [-0.25, -0.2) is 9.18 Å². The van der Waals surface area contributed by atoms with Gasteiger partial charge in [0, 0.05) is 25.6 Å². The van der Waals surface area contributed by atoms with E-state index < -0.39 is 0 Å². The van der Waals surface area contributed by atoms with Crippen molar-refractivity contribution in [1.82, 2.24) is 16.0 Å². The summed E-state index contributed by atoms with van der Waals surface area (Å²) in [5, 5.41) is 8.05. The number of urea groups is 1. The summed E-state index contributed by atoms with van der Waals surface area (Å²) in [7, 11) is 0. The lowest BCUT2D eigenvalue weighted by atomic mass is 10.2. The third-order valence-electron chi connectivity index (χ3n) is 3.02. The van der Waals surface area contributed by atoms with Gasteiger partial charge in [0.05, 0.1) is 0 Å². The molecule has 1 fully saturated rings. The minimum absolute atomic E-state index is 0.0681. The van der Waals surface area contributed by atoms with Gasteiger partial charge in [0.25, 0.3) is 0 Å². The molecule has 1 aliphatic carbocycles. The first-order chi connectivity index (χ1) is 9.65. The smallest absolute Gasteiger partial charge is 0.315 e. The number of amides is 3. The van der Waals surface area contributed by atoms with Crippen molar-refractivity contribution in [2.45, 2.75) is 19.4 Å². The molecule has 0 atom stereocenters. The molecule has 108 valence electrons. The number of hydrogen-bond acceptors (Lipinski definition) is 2. The van der Waals surface area contributed by atoms with Crippen LogP contribution in [0.25, 0.3) is 0 Å². The number of benzene rings is 1. The summed E-state index contributed by atoms with van der Waals surface area (Å²) >= 11 is 0. The molecule has 3 N–H and O–H groups in total. The Morgan fingerprint density at radius 2 is 1.70 bits per heavy atom. The van der Waals surface area contributed by atoms with Crippen LogP contribution in [0.2, 0.25) is 0 Å². The van der Waals surface area contributed by atoms with Gasteiger partial charge in [0.2, 0.25) is 5.91 Å².